The van der Waals surface area contributed by atoms with Crippen molar-refractivity contribution < 1.29 is 9.59 Å². The number of amides is 2. The molecule has 0 aromatic rings. The van der Waals surface area contributed by atoms with E-state index in [4.69, 9.17) is 5.73 Å². The van der Waals surface area contributed by atoms with E-state index in [0.717, 1.165) is 19.3 Å². The second-order valence-corrected chi connectivity index (χ2v) is 7.27. The Morgan fingerprint density at radius 2 is 1.86 bits per heavy atom. The number of rotatable bonds is 7. The van der Waals surface area contributed by atoms with Crippen molar-refractivity contribution in [3.63, 3.8) is 0 Å². The number of nitrogens with one attached hydrogen (secondary N) is 1. The van der Waals surface area contributed by atoms with Crippen molar-refractivity contribution in [2.24, 2.45) is 23.5 Å². The van der Waals surface area contributed by atoms with Crippen molar-refractivity contribution in [2.45, 2.75) is 64.8 Å². The fourth-order valence-corrected chi connectivity index (χ4v) is 3.18. The Morgan fingerprint density at radius 3 is 2.29 bits per heavy atom. The summed E-state index contributed by atoms with van der Waals surface area (Å²) in [7, 11) is 0. The summed E-state index contributed by atoms with van der Waals surface area (Å²) in [5.41, 5.74) is 5.23. The second-order valence-electron chi connectivity index (χ2n) is 7.27. The van der Waals surface area contributed by atoms with Gasteiger partial charge < -0.3 is 11.1 Å². The molecule has 120 valence electrons. The molecule has 1 saturated carbocycles. The molecule has 4 nitrogen and oxygen atoms in total. The highest BCUT2D eigenvalue weighted by Crippen LogP contribution is 2.34. The van der Waals surface area contributed by atoms with Crippen LogP contribution in [0.1, 0.15) is 59.3 Å². The summed E-state index contributed by atoms with van der Waals surface area (Å²) in [6, 6.07) is 0. The predicted octanol–water partition coefficient (Wildman–Crippen LogP) is 2.78. The van der Waals surface area contributed by atoms with Crippen molar-refractivity contribution in [3.05, 3.63) is 12.7 Å². The van der Waals surface area contributed by atoms with Gasteiger partial charge in [0, 0.05) is 5.54 Å². The highest BCUT2D eigenvalue weighted by molar-refractivity contribution is 5.87. The Labute approximate surface area is 128 Å². The van der Waals surface area contributed by atoms with Gasteiger partial charge in [-0.25, -0.2) is 0 Å². The number of carbonyl (C=O) groups is 2. The molecule has 2 amide bonds. The largest absolute Gasteiger partial charge is 0.369 e. The summed E-state index contributed by atoms with van der Waals surface area (Å²) in [6.45, 7) is 9.54. The van der Waals surface area contributed by atoms with Crippen LogP contribution in [-0.2, 0) is 9.59 Å². The second kappa shape index (κ2) is 7.62. The van der Waals surface area contributed by atoms with Gasteiger partial charge in [-0.15, -0.1) is 6.58 Å². The quantitative estimate of drug-likeness (QED) is 0.709. The number of allylic oxidation sites excluding steroid dienone is 1. The zero-order valence-corrected chi connectivity index (χ0v) is 13.7. The maximum Gasteiger partial charge on any atom is 0.224 e. The number of hydrogen-bond acceptors (Lipinski definition) is 2. The van der Waals surface area contributed by atoms with E-state index < -0.39 is 11.8 Å². The van der Waals surface area contributed by atoms with Gasteiger partial charge in [0.05, 0.1) is 11.8 Å². The Kier molecular flexibility index (Phi) is 6.43. The van der Waals surface area contributed by atoms with Crippen molar-refractivity contribution in [2.75, 3.05) is 0 Å². The molecule has 0 saturated heterocycles. The molecule has 1 aliphatic carbocycles. The molecular weight excluding hydrogens is 264 g/mol. The van der Waals surface area contributed by atoms with E-state index >= 15 is 0 Å². The smallest absolute Gasteiger partial charge is 0.224 e. The molecule has 0 aliphatic heterocycles. The minimum atomic E-state index is -0.453. The van der Waals surface area contributed by atoms with E-state index in [9.17, 15) is 9.59 Å². The average molecular weight is 294 g/mol. The van der Waals surface area contributed by atoms with Crippen LogP contribution in [-0.4, -0.2) is 17.4 Å². The lowest BCUT2D eigenvalue weighted by Crippen LogP contribution is -2.48. The summed E-state index contributed by atoms with van der Waals surface area (Å²) in [4.78, 5) is 24.4. The first-order chi connectivity index (χ1) is 9.74. The fourth-order valence-electron chi connectivity index (χ4n) is 3.18. The highest BCUT2D eigenvalue weighted by atomic mass is 16.2. The van der Waals surface area contributed by atoms with Gasteiger partial charge in [-0.1, -0.05) is 31.8 Å². The van der Waals surface area contributed by atoms with Crippen LogP contribution in [0.3, 0.4) is 0 Å². The molecule has 1 rings (SSSR count). The van der Waals surface area contributed by atoms with E-state index in [0.29, 0.717) is 12.3 Å². The van der Waals surface area contributed by atoms with Gasteiger partial charge in [0.15, 0.2) is 0 Å². The van der Waals surface area contributed by atoms with Crippen molar-refractivity contribution in [1.82, 2.24) is 5.32 Å². The minimum Gasteiger partial charge on any atom is -0.369 e. The molecule has 0 bridgehead atoms. The first-order valence-corrected chi connectivity index (χ1v) is 7.97. The van der Waals surface area contributed by atoms with Crippen LogP contribution in [0.15, 0.2) is 12.7 Å². The molecule has 3 N–H and O–H groups in total. The van der Waals surface area contributed by atoms with Gasteiger partial charge in [-0.2, -0.15) is 0 Å². The molecule has 2 atom stereocenters. The van der Waals surface area contributed by atoms with E-state index in [-0.39, 0.29) is 17.4 Å². The molecule has 1 fully saturated rings. The van der Waals surface area contributed by atoms with Crippen molar-refractivity contribution in [1.29, 1.82) is 0 Å². The number of hydrogen-bond donors (Lipinski definition) is 2. The normalized spacial score (nSPS) is 19.0. The van der Waals surface area contributed by atoms with Gasteiger partial charge in [0.25, 0.3) is 0 Å². The third-order valence-corrected chi connectivity index (χ3v) is 4.17. The van der Waals surface area contributed by atoms with Gasteiger partial charge >= 0.3 is 0 Å². The Bertz CT molecular complexity index is 379. The SMILES string of the molecule is C=CC[C@H](C(N)=O)C(CC1CCCC1)C(=O)NC(C)(C)C. The standard InChI is InChI=1S/C17H30N2O2/c1-5-8-13(15(18)20)14(11-12-9-6-7-10-12)16(21)19-17(2,3)4/h5,12-14H,1,6-11H2,2-4H3,(H2,18,20)(H,19,21)/t13-,14?/m0/s1. The van der Waals surface area contributed by atoms with Gasteiger partial charge in [0.2, 0.25) is 11.8 Å². The third kappa shape index (κ3) is 5.90. The molecule has 1 unspecified atom stereocenters. The first kappa shape index (κ1) is 17.7. The average Bonchev–Trinajstić information content (AvgIpc) is 2.83. The Balaban J connectivity index is 2.87. The molecule has 0 spiro atoms. The van der Waals surface area contributed by atoms with E-state index in [2.05, 4.69) is 11.9 Å². The maximum atomic E-state index is 12.6. The van der Waals surface area contributed by atoms with E-state index in [1.807, 2.05) is 20.8 Å². The van der Waals surface area contributed by atoms with Gasteiger partial charge in [-0.3, -0.25) is 9.59 Å². The molecule has 1 aliphatic rings. The highest BCUT2D eigenvalue weighted by Gasteiger charge is 2.35. The maximum absolute atomic E-state index is 12.6. The monoisotopic (exact) mass is 294 g/mol. The van der Waals surface area contributed by atoms with Gasteiger partial charge in [-0.05, 0) is 39.5 Å². The van der Waals surface area contributed by atoms with Crippen LogP contribution in [0.5, 0.6) is 0 Å². The molecule has 0 aromatic carbocycles. The van der Waals surface area contributed by atoms with Crippen molar-refractivity contribution >= 4 is 11.8 Å². The van der Waals surface area contributed by atoms with Gasteiger partial charge in [0.1, 0.15) is 0 Å². The van der Waals surface area contributed by atoms with Crippen LogP contribution in [0.4, 0.5) is 0 Å². The topological polar surface area (TPSA) is 72.2 Å². The van der Waals surface area contributed by atoms with Crippen LogP contribution in [0, 0.1) is 17.8 Å². The van der Waals surface area contributed by atoms with E-state index in [1.165, 1.54) is 12.8 Å². The van der Waals surface area contributed by atoms with Crippen LogP contribution >= 0.6 is 0 Å². The molecule has 4 heteroatoms. The third-order valence-electron chi connectivity index (χ3n) is 4.17. The molecule has 0 radical (unpaired) electrons. The molecule has 0 heterocycles. The summed E-state index contributed by atoms with van der Waals surface area (Å²) >= 11 is 0. The number of primary amides is 1. The Hall–Kier alpha value is -1.32. The van der Waals surface area contributed by atoms with Crippen LogP contribution in [0.25, 0.3) is 0 Å². The number of carbonyl (C=O) groups excluding carboxylic acids is 2. The molecule has 21 heavy (non-hydrogen) atoms. The molecular formula is C17H30N2O2. The lowest BCUT2D eigenvalue weighted by molar-refractivity contribution is -0.135. The van der Waals surface area contributed by atoms with Crippen molar-refractivity contribution in [3.8, 4) is 0 Å². The van der Waals surface area contributed by atoms with Crippen LogP contribution < -0.4 is 11.1 Å². The van der Waals surface area contributed by atoms with Crippen LogP contribution in [0.2, 0.25) is 0 Å². The number of nitrogens with two attached hydrogens (primary N) is 1. The van der Waals surface area contributed by atoms with E-state index in [1.54, 1.807) is 6.08 Å². The summed E-state index contributed by atoms with van der Waals surface area (Å²) in [5, 5.41) is 3.01. The zero-order chi connectivity index (χ0) is 16.0. The summed E-state index contributed by atoms with van der Waals surface area (Å²) in [5.74, 6) is -0.720. The minimum absolute atomic E-state index is 0.0555. The fraction of sp³-hybridized carbons (Fsp3) is 0.765. The molecule has 0 aromatic heterocycles. The summed E-state index contributed by atoms with van der Waals surface area (Å²) < 4.78 is 0. The predicted molar refractivity (Wildman–Crippen MR) is 85.5 cm³/mol. The Morgan fingerprint density at radius 1 is 1.29 bits per heavy atom. The first-order valence-electron chi connectivity index (χ1n) is 7.97. The lowest BCUT2D eigenvalue weighted by atomic mass is 9.80. The lowest BCUT2D eigenvalue weighted by Gasteiger charge is -2.29. The zero-order valence-electron chi connectivity index (χ0n) is 13.7. The summed E-state index contributed by atoms with van der Waals surface area (Å²) in [6.07, 6.45) is 7.65.